The summed E-state index contributed by atoms with van der Waals surface area (Å²) in [6.07, 6.45) is 0. The van der Waals surface area contributed by atoms with Gasteiger partial charge < -0.3 is 9.80 Å². The van der Waals surface area contributed by atoms with Crippen LogP contribution in [0.2, 0.25) is 0 Å². The Labute approximate surface area is 328 Å². The molecule has 0 unspecified atom stereocenters. The zero-order valence-corrected chi connectivity index (χ0v) is 31.5. The Bertz CT molecular complexity index is 2730. The molecule has 0 radical (unpaired) electrons. The van der Waals surface area contributed by atoms with E-state index in [2.05, 4.69) is 230 Å². The third kappa shape index (κ3) is 5.75. The summed E-state index contributed by atoms with van der Waals surface area (Å²) in [6, 6.07) is 75.4. The Morgan fingerprint density at radius 1 is 0.286 bits per heavy atom. The van der Waals surface area contributed by atoms with Gasteiger partial charge in [0.1, 0.15) is 0 Å². The summed E-state index contributed by atoms with van der Waals surface area (Å²) in [5, 5.41) is 7.42. The molecule has 0 bridgehead atoms. The molecule has 0 saturated carbocycles. The van der Waals surface area contributed by atoms with Crippen molar-refractivity contribution in [1.29, 1.82) is 0 Å². The molecule has 0 spiro atoms. The minimum Gasteiger partial charge on any atom is -0.310 e. The second kappa shape index (κ2) is 13.9. The average molecular weight is 717 g/mol. The fourth-order valence-electron chi connectivity index (χ4n) is 8.44. The van der Waals surface area contributed by atoms with Crippen LogP contribution in [-0.4, -0.2) is 0 Å². The molecular formula is C54H40N2. The van der Waals surface area contributed by atoms with Crippen molar-refractivity contribution in [3.05, 3.63) is 217 Å². The van der Waals surface area contributed by atoms with E-state index >= 15 is 0 Å². The van der Waals surface area contributed by atoms with Crippen LogP contribution < -0.4 is 9.80 Å². The number of para-hydroxylation sites is 2. The van der Waals surface area contributed by atoms with E-state index in [1.54, 1.807) is 0 Å². The molecule has 0 aliphatic rings. The van der Waals surface area contributed by atoms with E-state index in [-0.39, 0.29) is 0 Å². The van der Waals surface area contributed by atoms with E-state index in [0.29, 0.717) is 0 Å². The van der Waals surface area contributed by atoms with Gasteiger partial charge in [0.25, 0.3) is 0 Å². The molecular weight excluding hydrogens is 677 g/mol. The Hall–Kier alpha value is -7.16. The minimum absolute atomic E-state index is 1.12. The van der Waals surface area contributed by atoms with E-state index in [0.717, 1.165) is 34.1 Å². The van der Waals surface area contributed by atoms with Gasteiger partial charge in [-0.15, -0.1) is 0 Å². The summed E-state index contributed by atoms with van der Waals surface area (Å²) >= 11 is 0. The first-order valence-electron chi connectivity index (χ1n) is 19.4. The predicted molar refractivity (Wildman–Crippen MR) is 240 cm³/mol. The SMILES string of the molecule is Cc1ccc(N(c2ccccc2)c2cc(-c3ccccc3)c3ccc4c(N(c5ccccc5)c5ccc(C)cc5)cc(-c5ccccc5)c5ccc2c3c54)cc1. The third-order valence-electron chi connectivity index (χ3n) is 11.1. The highest BCUT2D eigenvalue weighted by molar-refractivity contribution is 6.32. The highest BCUT2D eigenvalue weighted by atomic mass is 15.1. The van der Waals surface area contributed by atoms with Gasteiger partial charge in [0.15, 0.2) is 0 Å². The molecule has 0 N–H and O–H groups in total. The zero-order valence-electron chi connectivity index (χ0n) is 31.5. The maximum absolute atomic E-state index is 2.43. The van der Waals surface area contributed by atoms with Gasteiger partial charge in [-0.3, -0.25) is 0 Å². The van der Waals surface area contributed by atoms with Crippen molar-refractivity contribution in [1.82, 2.24) is 0 Å². The number of benzene rings is 10. The molecule has 10 aromatic rings. The summed E-state index contributed by atoms with van der Waals surface area (Å²) in [6.45, 7) is 4.30. The van der Waals surface area contributed by atoms with Gasteiger partial charge in [0.2, 0.25) is 0 Å². The molecule has 10 rings (SSSR count). The highest BCUT2D eigenvalue weighted by Gasteiger charge is 2.25. The van der Waals surface area contributed by atoms with Crippen LogP contribution in [0.15, 0.2) is 206 Å². The molecule has 10 aromatic carbocycles. The van der Waals surface area contributed by atoms with Crippen LogP contribution in [0, 0.1) is 13.8 Å². The lowest BCUT2D eigenvalue weighted by Gasteiger charge is -2.31. The zero-order chi connectivity index (χ0) is 37.6. The van der Waals surface area contributed by atoms with E-state index in [1.807, 2.05) is 0 Å². The van der Waals surface area contributed by atoms with E-state index in [4.69, 9.17) is 0 Å². The van der Waals surface area contributed by atoms with Gasteiger partial charge in [-0.05, 0) is 108 Å². The van der Waals surface area contributed by atoms with Crippen molar-refractivity contribution in [3.63, 3.8) is 0 Å². The van der Waals surface area contributed by atoms with Crippen LogP contribution in [0.1, 0.15) is 11.1 Å². The summed E-state index contributed by atoms with van der Waals surface area (Å²) in [5.41, 5.74) is 14.0. The molecule has 0 aliphatic heterocycles. The second-order valence-electron chi connectivity index (χ2n) is 14.7. The molecule has 0 saturated heterocycles. The first-order chi connectivity index (χ1) is 27.6. The lowest BCUT2D eigenvalue weighted by Crippen LogP contribution is -2.12. The first-order valence-corrected chi connectivity index (χ1v) is 19.4. The van der Waals surface area contributed by atoms with Gasteiger partial charge in [0, 0.05) is 44.3 Å². The van der Waals surface area contributed by atoms with Crippen LogP contribution in [0.3, 0.4) is 0 Å². The van der Waals surface area contributed by atoms with Crippen molar-refractivity contribution < 1.29 is 0 Å². The Morgan fingerprint density at radius 2 is 0.589 bits per heavy atom. The molecule has 2 nitrogen and oxygen atoms in total. The molecule has 0 aromatic heterocycles. The first kappa shape index (κ1) is 33.4. The molecule has 0 fully saturated rings. The number of rotatable bonds is 8. The van der Waals surface area contributed by atoms with Crippen molar-refractivity contribution in [2.24, 2.45) is 0 Å². The normalized spacial score (nSPS) is 11.4. The van der Waals surface area contributed by atoms with Crippen LogP contribution in [0.5, 0.6) is 0 Å². The summed E-state index contributed by atoms with van der Waals surface area (Å²) in [7, 11) is 0. The Morgan fingerprint density at radius 3 is 0.946 bits per heavy atom. The fourth-order valence-corrected chi connectivity index (χ4v) is 8.44. The number of nitrogens with zero attached hydrogens (tertiary/aromatic N) is 2. The maximum Gasteiger partial charge on any atom is 0.0546 e. The summed E-state index contributed by atoms with van der Waals surface area (Å²) < 4.78 is 0. The largest absolute Gasteiger partial charge is 0.310 e. The van der Waals surface area contributed by atoms with Crippen LogP contribution in [0.25, 0.3) is 54.6 Å². The lowest BCUT2D eigenvalue weighted by atomic mass is 9.85. The van der Waals surface area contributed by atoms with E-state index in [1.165, 1.54) is 65.7 Å². The van der Waals surface area contributed by atoms with Crippen molar-refractivity contribution in [2.45, 2.75) is 13.8 Å². The van der Waals surface area contributed by atoms with Crippen molar-refractivity contribution in [3.8, 4) is 22.3 Å². The van der Waals surface area contributed by atoms with Gasteiger partial charge in [-0.25, -0.2) is 0 Å². The number of anilines is 6. The molecule has 266 valence electrons. The number of aryl methyl sites for hydroxylation is 2. The van der Waals surface area contributed by atoms with Gasteiger partial charge in [0.05, 0.1) is 11.4 Å². The monoisotopic (exact) mass is 716 g/mol. The molecule has 56 heavy (non-hydrogen) atoms. The van der Waals surface area contributed by atoms with E-state index in [9.17, 15) is 0 Å². The van der Waals surface area contributed by atoms with Crippen LogP contribution in [0.4, 0.5) is 34.1 Å². The smallest absolute Gasteiger partial charge is 0.0546 e. The average Bonchev–Trinajstić information content (AvgIpc) is 3.26. The topological polar surface area (TPSA) is 6.48 Å². The molecule has 0 heterocycles. The lowest BCUT2D eigenvalue weighted by molar-refractivity contribution is 1.29. The predicted octanol–water partition coefficient (Wildman–Crippen LogP) is 15.5. The highest BCUT2D eigenvalue weighted by Crippen LogP contribution is 2.52. The van der Waals surface area contributed by atoms with Gasteiger partial charge in [-0.1, -0.05) is 157 Å². The summed E-state index contributed by atoms with van der Waals surface area (Å²) in [5.74, 6) is 0. The minimum atomic E-state index is 1.12. The molecule has 0 amide bonds. The van der Waals surface area contributed by atoms with Crippen LogP contribution in [-0.2, 0) is 0 Å². The number of hydrogen-bond donors (Lipinski definition) is 0. The van der Waals surface area contributed by atoms with Gasteiger partial charge in [-0.2, -0.15) is 0 Å². The molecule has 0 atom stereocenters. The van der Waals surface area contributed by atoms with Gasteiger partial charge >= 0.3 is 0 Å². The van der Waals surface area contributed by atoms with Crippen molar-refractivity contribution in [2.75, 3.05) is 9.80 Å². The van der Waals surface area contributed by atoms with Crippen molar-refractivity contribution >= 4 is 66.4 Å². The maximum atomic E-state index is 2.43. The second-order valence-corrected chi connectivity index (χ2v) is 14.7. The standard InChI is InChI=1S/C54H40N2/c1-37-23-27-43(28-24-37)55(41-19-11-5-12-20-41)51-35-49(39-15-7-3-8-16-39)45-32-34-48-52(56(42-21-13-6-14-22-42)44-29-25-38(2)26-30-44)36-50(40-17-9-4-10-18-40)46-31-33-47(51)53(45)54(46)48/h3-36H,1-2H3. The Balaban J connectivity index is 1.38. The summed E-state index contributed by atoms with van der Waals surface area (Å²) in [4.78, 5) is 4.86. The fraction of sp³-hybridized carbons (Fsp3) is 0.0370. The molecule has 0 aliphatic carbocycles. The quantitative estimate of drug-likeness (QED) is 0.144. The van der Waals surface area contributed by atoms with Crippen LogP contribution >= 0.6 is 0 Å². The third-order valence-corrected chi connectivity index (χ3v) is 11.1. The Kier molecular flexibility index (Phi) is 8.30. The van der Waals surface area contributed by atoms with E-state index < -0.39 is 0 Å². The molecule has 2 heteroatoms. The number of hydrogen-bond acceptors (Lipinski definition) is 2.